The second-order valence-corrected chi connectivity index (χ2v) is 4.28. The van der Waals surface area contributed by atoms with Crippen molar-refractivity contribution in [2.45, 2.75) is 6.42 Å². The number of rotatable bonds is 3. The van der Waals surface area contributed by atoms with Crippen molar-refractivity contribution in [3.05, 3.63) is 51.1 Å². The van der Waals surface area contributed by atoms with Crippen LogP contribution in [0.5, 0.6) is 0 Å². The van der Waals surface area contributed by atoms with Crippen LogP contribution in [0.1, 0.15) is 4.88 Å². The quantitative estimate of drug-likeness (QED) is 0.847. The molecule has 0 aliphatic rings. The van der Waals surface area contributed by atoms with Crippen molar-refractivity contribution >= 4 is 22.9 Å². The van der Waals surface area contributed by atoms with E-state index < -0.39 is 0 Å². The minimum Gasteiger partial charge on any atom is -0.327 e. The molecule has 2 aromatic rings. The van der Waals surface area contributed by atoms with E-state index in [2.05, 4.69) is 10.3 Å². The zero-order chi connectivity index (χ0) is 11.4. The van der Waals surface area contributed by atoms with E-state index >= 15 is 0 Å². The van der Waals surface area contributed by atoms with Gasteiger partial charge in [-0.15, -0.1) is 11.3 Å². The van der Waals surface area contributed by atoms with Gasteiger partial charge in [-0.2, -0.15) is 0 Å². The summed E-state index contributed by atoms with van der Waals surface area (Å²) in [5.74, 6) is -0.0884. The minimum absolute atomic E-state index is 0.0884. The largest absolute Gasteiger partial charge is 0.327 e. The molecular weight excluding hydrogens is 224 g/mol. The molecule has 0 saturated carbocycles. The van der Waals surface area contributed by atoms with Crippen LogP contribution in [0.15, 0.2) is 40.6 Å². The lowest BCUT2D eigenvalue weighted by atomic mass is 10.3. The fourth-order valence-electron chi connectivity index (χ4n) is 1.26. The van der Waals surface area contributed by atoms with Gasteiger partial charge in [-0.3, -0.25) is 9.59 Å². The number of carbonyl (C=O) groups excluding carboxylic acids is 1. The smallest absolute Gasteiger partial charge is 0.248 e. The van der Waals surface area contributed by atoms with Gasteiger partial charge in [0.1, 0.15) is 0 Å². The van der Waals surface area contributed by atoms with Crippen molar-refractivity contribution in [1.82, 2.24) is 4.98 Å². The second-order valence-electron chi connectivity index (χ2n) is 3.25. The zero-order valence-electron chi connectivity index (χ0n) is 8.40. The molecule has 82 valence electrons. The summed E-state index contributed by atoms with van der Waals surface area (Å²) in [4.78, 5) is 25.9. The van der Waals surface area contributed by atoms with E-state index in [-0.39, 0.29) is 11.5 Å². The molecule has 2 heterocycles. The van der Waals surface area contributed by atoms with Crippen LogP contribution in [0.4, 0.5) is 5.69 Å². The Morgan fingerprint density at radius 3 is 2.88 bits per heavy atom. The van der Waals surface area contributed by atoms with E-state index in [9.17, 15) is 9.59 Å². The Labute approximate surface area is 96.0 Å². The van der Waals surface area contributed by atoms with Crippen LogP contribution in [0.25, 0.3) is 0 Å². The molecule has 2 aromatic heterocycles. The van der Waals surface area contributed by atoms with Gasteiger partial charge in [-0.1, -0.05) is 6.07 Å². The van der Waals surface area contributed by atoms with Crippen molar-refractivity contribution in [1.29, 1.82) is 0 Å². The van der Waals surface area contributed by atoms with E-state index in [1.54, 1.807) is 17.4 Å². The average molecular weight is 234 g/mol. The Bertz CT molecular complexity index is 511. The number of amides is 1. The Kier molecular flexibility index (Phi) is 3.16. The van der Waals surface area contributed by atoms with Gasteiger partial charge in [0.25, 0.3) is 0 Å². The molecule has 16 heavy (non-hydrogen) atoms. The summed E-state index contributed by atoms with van der Waals surface area (Å²) in [6.07, 6.45) is 1.84. The van der Waals surface area contributed by atoms with Crippen molar-refractivity contribution in [3.63, 3.8) is 0 Å². The summed E-state index contributed by atoms with van der Waals surface area (Å²) in [5.41, 5.74) is 0.414. The molecule has 5 heteroatoms. The summed E-state index contributed by atoms with van der Waals surface area (Å²) < 4.78 is 0. The lowest BCUT2D eigenvalue weighted by molar-refractivity contribution is -0.115. The number of carbonyl (C=O) groups is 1. The zero-order valence-corrected chi connectivity index (χ0v) is 9.21. The number of thiophene rings is 1. The normalized spacial score (nSPS) is 10.0. The maximum Gasteiger partial charge on any atom is 0.248 e. The van der Waals surface area contributed by atoms with Gasteiger partial charge in [0.05, 0.1) is 12.1 Å². The van der Waals surface area contributed by atoms with E-state index in [1.807, 2.05) is 17.5 Å². The highest BCUT2D eigenvalue weighted by Crippen LogP contribution is 2.10. The Morgan fingerprint density at radius 2 is 2.25 bits per heavy atom. The molecule has 0 bridgehead atoms. The lowest BCUT2D eigenvalue weighted by Gasteiger charge is -2.02. The van der Waals surface area contributed by atoms with E-state index in [0.717, 1.165) is 4.88 Å². The summed E-state index contributed by atoms with van der Waals surface area (Å²) in [7, 11) is 0. The Balaban J connectivity index is 1.97. The van der Waals surface area contributed by atoms with E-state index in [0.29, 0.717) is 12.1 Å². The number of aromatic amines is 1. The third-order valence-electron chi connectivity index (χ3n) is 1.98. The number of aromatic nitrogens is 1. The van der Waals surface area contributed by atoms with Gasteiger partial charge in [0.15, 0.2) is 0 Å². The summed E-state index contributed by atoms with van der Waals surface area (Å²) in [6.45, 7) is 0. The van der Waals surface area contributed by atoms with Crippen molar-refractivity contribution in [3.8, 4) is 0 Å². The van der Waals surface area contributed by atoms with Crippen LogP contribution >= 0.6 is 11.3 Å². The standard InChI is InChI=1S/C11H10N2O2S/c14-10-4-3-8(7-12-10)13-11(15)6-9-2-1-5-16-9/h1-5,7H,6H2,(H,12,14)(H,13,15). The first kappa shape index (κ1) is 10.6. The number of hydrogen-bond donors (Lipinski definition) is 2. The molecule has 1 amide bonds. The molecule has 0 unspecified atom stereocenters. The van der Waals surface area contributed by atoms with E-state index in [4.69, 9.17) is 0 Å². The predicted octanol–water partition coefficient (Wildman–Crippen LogP) is 1.62. The Hall–Kier alpha value is -1.88. The number of H-pyrrole nitrogens is 1. The van der Waals surface area contributed by atoms with Crippen molar-refractivity contribution in [2.24, 2.45) is 0 Å². The molecule has 0 radical (unpaired) electrons. The van der Waals surface area contributed by atoms with Gasteiger partial charge < -0.3 is 10.3 Å². The number of anilines is 1. The molecule has 0 fully saturated rings. The van der Waals surface area contributed by atoms with Crippen molar-refractivity contribution in [2.75, 3.05) is 5.32 Å². The number of pyridine rings is 1. The van der Waals surface area contributed by atoms with Gasteiger partial charge in [-0.25, -0.2) is 0 Å². The molecule has 2 N–H and O–H groups in total. The maximum absolute atomic E-state index is 11.6. The molecule has 0 aliphatic heterocycles. The first-order chi connectivity index (χ1) is 7.74. The predicted molar refractivity (Wildman–Crippen MR) is 63.7 cm³/mol. The summed E-state index contributed by atoms with van der Waals surface area (Å²) in [6, 6.07) is 6.77. The van der Waals surface area contributed by atoms with E-state index in [1.165, 1.54) is 12.3 Å². The summed E-state index contributed by atoms with van der Waals surface area (Å²) in [5, 5.41) is 4.64. The SMILES string of the molecule is O=C(Cc1cccs1)Nc1ccc(=O)[nH]c1. The number of nitrogens with one attached hydrogen (secondary N) is 2. The highest BCUT2D eigenvalue weighted by molar-refractivity contribution is 7.10. The van der Waals surface area contributed by atoms with Gasteiger partial charge in [0, 0.05) is 17.1 Å². The molecule has 0 atom stereocenters. The maximum atomic E-state index is 11.6. The minimum atomic E-state index is -0.184. The monoisotopic (exact) mass is 234 g/mol. The molecule has 0 spiro atoms. The van der Waals surface area contributed by atoms with Crippen LogP contribution in [0, 0.1) is 0 Å². The highest BCUT2D eigenvalue weighted by atomic mass is 32.1. The summed E-state index contributed by atoms with van der Waals surface area (Å²) >= 11 is 1.55. The molecular formula is C11H10N2O2S. The molecule has 0 aromatic carbocycles. The van der Waals surface area contributed by atoms with Crippen LogP contribution < -0.4 is 10.9 Å². The third kappa shape index (κ3) is 2.80. The third-order valence-corrected chi connectivity index (χ3v) is 2.86. The van der Waals surface area contributed by atoms with Crippen LogP contribution in [0.3, 0.4) is 0 Å². The molecule has 4 nitrogen and oxygen atoms in total. The van der Waals surface area contributed by atoms with Gasteiger partial charge in [0.2, 0.25) is 11.5 Å². The van der Waals surface area contributed by atoms with Crippen molar-refractivity contribution < 1.29 is 4.79 Å². The molecule has 2 rings (SSSR count). The first-order valence-electron chi connectivity index (χ1n) is 4.75. The average Bonchev–Trinajstić information content (AvgIpc) is 2.74. The van der Waals surface area contributed by atoms with Gasteiger partial charge >= 0.3 is 0 Å². The molecule has 0 aliphatic carbocycles. The highest BCUT2D eigenvalue weighted by Gasteiger charge is 2.04. The fourth-order valence-corrected chi connectivity index (χ4v) is 1.97. The second kappa shape index (κ2) is 4.76. The first-order valence-corrected chi connectivity index (χ1v) is 5.63. The Morgan fingerprint density at radius 1 is 1.38 bits per heavy atom. The number of hydrogen-bond acceptors (Lipinski definition) is 3. The fraction of sp³-hybridized carbons (Fsp3) is 0.0909. The lowest BCUT2D eigenvalue weighted by Crippen LogP contribution is -2.15. The van der Waals surface area contributed by atoms with Gasteiger partial charge in [-0.05, 0) is 17.5 Å². The topological polar surface area (TPSA) is 62.0 Å². The molecule has 0 saturated heterocycles. The van der Waals surface area contributed by atoms with Crippen LogP contribution in [-0.4, -0.2) is 10.9 Å². The van der Waals surface area contributed by atoms with Crippen LogP contribution in [0.2, 0.25) is 0 Å². The van der Waals surface area contributed by atoms with Crippen LogP contribution in [-0.2, 0) is 11.2 Å².